The molecule has 0 aliphatic heterocycles. The van der Waals surface area contributed by atoms with Crippen molar-refractivity contribution in [1.29, 1.82) is 0 Å². The molecule has 0 spiro atoms. The van der Waals surface area contributed by atoms with Gasteiger partial charge in [-0.25, -0.2) is 4.39 Å². The molecule has 2 aromatic rings. The first-order valence-corrected chi connectivity index (χ1v) is 6.65. The maximum absolute atomic E-state index is 13.1. The van der Waals surface area contributed by atoms with Gasteiger partial charge in [0.2, 0.25) is 0 Å². The molecule has 1 N–H and O–H groups in total. The van der Waals surface area contributed by atoms with E-state index in [0.717, 1.165) is 22.1 Å². The fraction of sp³-hybridized carbons (Fsp3) is 0.200. The highest BCUT2D eigenvalue weighted by molar-refractivity contribution is 9.10. The smallest absolute Gasteiger partial charge is 0.123 e. The predicted octanol–water partition coefficient (Wildman–Crippen LogP) is 4.19. The van der Waals surface area contributed by atoms with Crippen molar-refractivity contribution < 1.29 is 4.39 Å². The van der Waals surface area contributed by atoms with Gasteiger partial charge in [0.25, 0.3) is 0 Å². The molecule has 0 unspecified atom stereocenters. The largest absolute Gasteiger partial charge is 0.309 e. The lowest BCUT2D eigenvalue weighted by atomic mass is 10.1. The summed E-state index contributed by atoms with van der Waals surface area (Å²) in [6, 6.07) is 13.0. The van der Waals surface area contributed by atoms with E-state index in [1.54, 1.807) is 6.07 Å². The zero-order valence-electron chi connectivity index (χ0n) is 10.2. The maximum Gasteiger partial charge on any atom is 0.123 e. The van der Waals surface area contributed by atoms with Gasteiger partial charge < -0.3 is 5.32 Å². The van der Waals surface area contributed by atoms with Crippen LogP contribution in [0.4, 0.5) is 4.39 Å². The zero-order valence-corrected chi connectivity index (χ0v) is 11.8. The standard InChI is InChI=1S/C15H15BrFN/c1-11-6-7-14(17)8-13(11)10-18-9-12-4-2-3-5-15(12)16/h2-8,18H,9-10H2,1H3. The van der Waals surface area contributed by atoms with Crippen LogP contribution >= 0.6 is 15.9 Å². The van der Waals surface area contributed by atoms with E-state index in [9.17, 15) is 4.39 Å². The molecule has 0 saturated heterocycles. The van der Waals surface area contributed by atoms with Crippen LogP contribution in [0.5, 0.6) is 0 Å². The van der Waals surface area contributed by atoms with Gasteiger partial charge in [0.05, 0.1) is 0 Å². The predicted molar refractivity (Wildman–Crippen MR) is 75.8 cm³/mol. The van der Waals surface area contributed by atoms with Crippen LogP contribution in [0.1, 0.15) is 16.7 Å². The summed E-state index contributed by atoms with van der Waals surface area (Å²) in [4.78, 5) is 0. The van der Waals surface area contributed by atoms with Gasteiger partial charge in [0.1, 0.15) is 5.82 Å². The fourth-order valence-corrected chi connectivity index (χ4v) is 2.23. The first kappa shape index (κ1) is 13.2. The summed E-state index contributed by atoms with van der Waals surface area (Å²) in [5, 5.41) is 3.33. The van der Waals surface area contributed by atoms with Crippen molar-refractivity contribution in [2.75, 3.05) is 0 Å². The van der Waals surface area contributed by atoms with Gasteiger partial charge in [0.15, 0.2) is 0 Å². The molecule has 0 bridgehead atoms. The molecule has 1 nitrogen and oxygen atoms in total. The van der Waals surface area contributed by atoms with E-state index in [-0.39, 0.29) is 5.82 Å². The molecule has 0 aromatic heterocycles. The van der Waals surface area contributed by atoms with E-state index >= 15 is 0 Å². The fourth-order valence-electron chi connectivity index (χ4n) is 1.80. The molecule has 18 heavy (non-hydrogen) atoms. The summed E-state index contributed by atoms with van der Waals surface area (Å²) in [6.45, 7) is 3.43. The molecule has 94 valence electrons. The number of aryl methyl sites for hydroxylation is 1. The lowest BCUT2D eigenvalue weighted by molar-refractivity contribution is 0.619. The maximum atomic E-state index is 13.1. The molecule has 0 radical (unpaired) electrons. The Morgan fingerprint density at radius 3 is 2.56 bits per heavy atom. The molecule has 2 rings (SSSR count). The molecule has 0 heterocycles. The number of hydrogen-bond acceptors (Lipinski definition) is 1. The Bertz CT molecular complexity index is 540. The minimum Gasteiger partial charge on any atom is -0.309 e. The second-order valence-corrected chi connectivity index (χ2v) is 5.12. The van der Waals surface area contributed by atoms with Crippen LogP contribution in [-0.2, 0) is 13.1 Å². The molecule has 3 heteroatoms. The number of rotatable bonds is 4. The second kappa shape index (κ2) is 6.12. The Hall–Kier alpha value is -1.19. The Morgan fingerprint density at radius 1 is 1.06 bits per heavy atom. The number of halogens is 2. The molecule has 2 aromatic carbocycles. The third-order valence-electron chi connectivity index (χ3n) is 2.90. The van der Waals surface area contributed by atoms with Crippen LogP contribution in [-0.4, -0.2) is 0 Å². The summed E-state index contributed by atoms with van der Waals surface area (Å²) >= 11 is 3.51. The lowest BCUT2D eigenvalue weighted by Crippen LogP contribution is -2.14. The monoisotopic (exact) mass is 307 g/mol. The van der Waals surface area contributed by atoms with E-state index in [4.69, 9.17) is 0 Å². The van der Waals surface area contributed by atoms with Crippen LogP contribution in [0.2, 0.25) is 0 Å². The average molecular weight is 308 g/mol. The van der Waals surface area contributed by atoms with E-state index in [0.29, 0.717) is 6.54 Å². The summed E-state index contributed by atoms with van der Waals surface area (Å²) in [5.41, 5.74) is 3.31. The van der Waals surface area contributed by atoms with Gasteiger partial charge in [-0.05, 0) is 41.8 Å². The van der Waals surface area contributed by atoms with Gasteiger partial charge >= 0.3 is 0 Å². The van der Waals surface area contributed by atoms with Crippen molar-refractivity contribution in [3.8, 4) is 0 Å². The van der Waals surface area contributed by atoms with Crippen molar-refractivity contribution in [2.45, 2.75) is 20.0 Å². The van der Waals surface area contributed by atoms with Crippen molar-refractivity contribution in [1.82, 2.24) is 5.32 Å². The Morgan fingerprint density at radius 2 is 1.78 bits per heavy atom. The topological polar surface area (TPSA) is 12.0 Å². The first-order chi connectivity index (χ1) is 8.66. The number of hydrogen-bond donors (Lipinski definition) is 1. The number of nitrogens with one attached hydrogen (secondary N) is 1. The Balaban J connectivity index is 1.96. The van der Waals surface area contributed by atoms with Gasteiger partial charge in [-0.15, -0.1) is 0 Å². The van der Waals surface area contributed by atoms with E-state index in [2.05, 4.69) is 27.3 Å². The highest BCUT2D eigenvalue weighted by atomic mass is 79.9. The molecular weight excluding hydrogens is 293 g/mol. The summed E-state index contributed by atoms with van der Waals surface area (Å²) in [6.07, 6.45) is 0. The molecule has 0 aliphatic rings. The summed E-state index contributed by atoms with van der Waals surface area (Å²) in [7, 11) is 0. The second-order valence-electron chi connectivity index (χ2n) is 4.27. The highest BCUT2D eigenvalue weighted by Gasteiger charge is 2.01. The molecule has 0 aliphatic carbocycles. The number of benzene rings is 2. The lowest BCUT2D eigenvalue weighted by Gasteiger charge is -2.09. The van der Waals surface area contributed by atoms with Crippen LogP contribution in [0.25, 0.3) is 0 Å². The van der Waals surface area contributed by atoms with Crippen molar-refractivity contribution in [3.63, 3.8) is 0 Å². The molecular formula is C15H15BrFN. The van der Waals surface area contributed by atoms with E-state index in [1.807, 2.05) is 31.2 Å². The average Bonchev–Trinajstić information content (AvgIpc) is 2.36. The van der Waals surface area contributed by atoms with Gasteiger partial charge in [0, 0.05) is 17.6 Å². The zero-order chi connectivity index (χ0) is 13.0. The third kappa shape index (κ3) is 3.40. The molecule has 0 saturated carbocycles. The van der Waals surface area contributed by atoms with Gasteiger partial charge in [-0.2, -0.15) is 0 Å². The first-order valence-electron chi connectivity index (χ1n) is 5.86. The van der Waals surface area contributed by atoms with Crippen LogP contribution in [0.15, 0.2) is 46.9 Å². The Labute approximate surface area is 115 Å². The van der Waals surface area contributed by atoms with Crippen molar-refractivity contribution in [2.24, 2.45) is 0 Å². The minimum absolute atomic E-state index is 0.182. The van der Waals surface area contributed by atoms with E-state index < -0.39 is 0 Å². The summed E-state index contributed by atoms with van der Waals surface area (Å²) < 4.78 is 14.2. The Kier molecular flexibility index (Phi) is 4.50. The molecule has 0 atom stereocenters. The van der Waals surface area contributed by atoms with Crippen LogP contribution < -0.4 is 5.32 Å². The van der Waals surface area contributed by atoms with E-state index in [1.165, 1.54) is 11.6 Å². The quantitative estimate of drug-likeness (QED) is 0.893. The van der Waals surface area contributed by atoms with Gasteiger partial charge in [-0.3, -0.25) is 0 Å². The van der Waals surface area contributed by atoms with Crippen molar-refractivity contribution >= 4 is 15.9 Å². The normalized spacial score (nSPS) is 10.6. The molecule has 0 amide bonds. The highest BCUT2D eigenvalue weighted by Crippen LogP contribution is 2.16. The van der Waals surface area contributed by atoms with Crippen LogP contribution in [0.3, 0.4) is 0 Å². The van der Waals surface area contributed by atoms with Gasteiger partial charge in [-0.1, -0.05) is 40.2 Å². The minimum atomic E-state index is -0.182. The molecule has 0 fully saturated rings. The SMILES string of the molecule is Cc1ccc(F)cc1CNCc1ccccc1Br. The third-order valence-corrected chi connectivity index (χ3v) is 3.67. The van der Waals surface area contributed by atoms with Crippen LogP contribution in [0, 0.1) is 12.7 Å². The summed E-state index contributed by atoms with van der Waals surface area (Å²) in [5.74, 6) is -0.182. The van der Waals surface area contributed by atoms with Crippen molar-refractivity contribution in [3.05, 3.63) is 69.4 Å².